The number of unbranched alkanes of at least 4 members (excludes halogenated alkanes) is 1. The van der Waals surface area contributed by atoms with Gasteiger partial charge in [-0.05, 0) is 6.42 Å². The summed E-state index contributed by atoms with van der Waals surface area (Å²) < 4.78 is 4.35. The second-order valence-electron chi connectivity index (χ2n) is 1.77. The predicted molar refractivity (Wildman–Crippen MR) is 46.7 cm³/mol. The first-order valence-corrected chi connectivity index (χ1v) is 4.13. The van der Waals surface area contributed by atoms with Gasteiger partial charge in [0, 0.05) is 6.54 Å². The van der Waals surface area contributed by atoms with Crippen molar-refractivity contribution in [2.45, 2.75) is 33.6 Å². The van der Waals surface area contributed by atoms with Crippen molar-refractivity contribution in [3.05, 3.63) is 0 Å². The third-order valence-electron chi connectivity index (χ3n) is 0.985. The van der Waals surface area contributed by atoms with Crippen LogP contribution in [0.4, 0.5) is 4.79 Å². The monoisotopic (exact) mass is 161 g/mol. The molecular weight excluding hydrogens is 142 g/mol. The van der Waals surface area contributed by atoms with E-state index < -0.39 is 0 Å². The van der Waals surface area contributed by atoms with Crippen LogP contribution in [0.1, 0.15) is 33.6 Å². The number of hydrogen-bond acceptors (Lipinski definition) is 2. The Morgan fingerprint density at radius 2 is 2.00 bits per heavy atom. The Hall–Kier alpha value is -0.730. The van der Waals surface area contributed by atoms with Crippen LogP contribution >= 0.6 is 0 Å². The zero-order chi connectivity index (χ0) is 9.11. The van der Waals surface area contributed by atoms with Crippen LogP contribution in [0.3, 0.4) is 0 Å². The number of methoxy groups -OCH3 is 1. The maximum atomic E-state index is 10.4. The van der Waals surface area contributed by atoms with Gasteiger partial charge in [-0.1, -0.05) is 27.2 Å². The fourth-order valence-corrected chi connectivity index (χ4v) is 0.439. The summed E-state index contributed by atoms with van der Waals surface area (Å²) in [7, 11) is 1.36. The van der Waals surface area contributed by atoms with Crippen LogP contribution in [0.5, 0.6) is 0 Å². The SMILES string of the molecule is CC.CCCCNC(=O)OC. The molecule has 0 saturated carbocycles. The molecule has 0 unspecified atom stereocenters. The van der Waals surface area contributed by atoms with Crippen molar-refractivity contribution in [2.24, 2.45) is 0 Å². The molecule has 0 fully saturated rings. The van der Waals surface area contributed by atoms with Crippen molar-refractivity contribution in [3.8, 4) is 0 Å². The molecule has 3 heteroatoms. The maximum Gasteiger partial charge on any atom is 0.406 e. The molecule has 0 aromatic heterocycles. The second kappa shape index (κ2) is 12.0. The summed E-state index contributed by atoms with van der Waals surface area (Å²) in [4.78, 5) is 10.4. The first-order valence-electron chi connectivity index (χ1n) is 4.13. The summed E-state index contributed by atoms with van der Waals surface area (Å²) in [6, 6.07) is 0. The summed E-state index contributed by atoms with van der Waals surface area (Å²) in [6.45, 7) is 6.78. The van der Waals surface area contributed by atoms with E-state index in [2.05, 4.69) is 17.0 Å². The van der Waals surface area contributed by atoms with Gasteiger partial charge in [-0.15, -0.1) is 0 Å². The first-order chi connectivity index (χ1) is 5.31. The quantitative estimate of drug-likeness (QED) is 0.644. The number of carbonyl (C=O) groups excluding carboxylic acids is 1. The van der Waals surface area contributed by atoms with Crippen molar-refractivity contribution in [2.75, 3.05) is 13.7 Å². The molecule has 0 aromatic carbocycles. The van der Waals surface area contributed by atoms with Crippen LogP contribution in [0.25, 0.3) is 0 Å². The molecule has 68 valence electrons. The van der Waals surface area contributed by atoms with Crippen LogP contribution in [-0.2, 0) is 4.74 Å². The van der Waals surface area contributed by atoms with E-state index in [1.165, 1.54) is 7.11 Å². The zero-order valence-corrected chi connectivity index (χ0v) is 7.94. The van der Waals surface area contributed by atoms with Gasteiger partial charge in [-0.3, -0.25) is 0 Å². The standard InChI is InChI=1S/C6H13NO2.C2H6/c1-3-4-5-7-6(8)9-2;1-2/h3-5H2,1-2H3,(H,7,8);1-2H3. The van der Waals surface area contributed by atoms with Gasteiger partial charge in [0.05, 0.1) is 7.11 Å². The molecule has 0 aromatic rings. The van der Waals surface area contributed by atoms with E-state index in [1.54, 1.807) is 0 Å². The molecule has 0 rings (SSSR count). The van der Waals surface area contributed by atoms with Gasteiger partial charge < -0.3 is 10.1 Å². The van der Waals surface area contributed by atoms with Gasteiger partial charge in [0.15, 0.2) is 0 Å². The molecule has 0 aliphatic rings. The molecule has 0 radical (unpaired) electrons. The molecule has 0 aliphatic carbocycles. The lowest BCUT2D eigenvalue weighted by Crippen LogP contribution is -2.23. The highest BCUT2D eigenvalue weighted by atomic mass is 16.5. The Balaban J connectivity index is 0. The Bertz CT molecular complexity index is 84.2. The number of hydrogen-bond donors (Lipinski definition) is 1. The van der Waals surface area contributed by atoms with Gasteiger partial charge >= 0.3 is 6.09 Å². The van der Waals surface area contributed by atoms with Crippen LogP contribution in [0, 0.1) is 0 Å². The van der Waals surface area contributed by atoms with Crippen molar-refractivity contribution in [1.82, 2.24) is 5.32 Å². The molecule has 0 bridgehead atoms. The molecule has 1 amide bonds. The molecule has 0 heterocycles. The average Bonchev–Trinajstić information content (AvgIpc) is 2.08. The molecule has 0 saturated heterocycles. The van der Waals surface area contributed by atoms with E-state index in [9.17, 15) is 4.79 Å². The molecule has 3 nitrogen and oxygen atoms in total. The highest BCUT2D eigenvalue weighted by Gasteiger charge is 1.93. The van der Waals surface area contributed by atoms with Crippen LogP contribution < -0.4 is 5.32 Å². The summed E-state index contributed by atoms with van der Waals surface area (Å²) in [5.74, 6) is 0. The number of amides is 1. The van der Waals surface area contributed by atoms with E-state index in [1.807, 2.05) is 13.8 Å². The van der Waals surface area contributed by atoms with Gasteiger partial charge in [0.25, 0.3) is 0 Å². The van der Waals surface area contributed by atoms with Crippen molar-refractivity contribution < 1.29 is 9.53 Å². The summed E-state index contributed by atoms with van der Waals surface area (Å²) in [5, 5.41) is 2.57. The predicted octanol–water partition coefficient (Wildman–Crippen LogP) is 2.17. The molecule has 0 aliphatic heterocycles. The number of rotatable bonds is 3. The minimum atomic E-state index is -0.344. The smallest absolute Gasteiger partial charge is 0.406 e. The molecule has 0 atom stereocenters. The minimum Gasteiger partial charge on any atom is -0.453 e. The highest BCUT2D eigenvalue weighted by molar-refractivity contribution is 5.66. The fraction of sp³-hybridized carbons (Fsp3) is 0.875. The third-order valence-corrected chi connectivity index (χ3v) is 0.985. The highest BCUT2D eigenvalue weighted by Crippen LogP contribution is 1.82. The fourth-order valence-electron chi connectivity index (χ4n) is 0.439. The lowest BCUT2D eigenvalue weighted by Gasteiger charge is -1.99. The molecular formula is C8H19NO2. The van der Waals surface area contributed by atoms with E-state index in [-0.39, 0.29) is 6.09 Å². The lowest BCUT2D eigenvalue weighted by atomic mass is 10.3. The number of nitrogens with one attached hydrogen (secondary N) is 1. The number of alkyl carbamates (subject to hydrolysis) is 1. The molecule has 0 spiro atoms. The van der Waals surface area contributed by atoms with Gasteiger partial charge in [0.1, 0.15) is 0 Å². The summed E-state index contributed by atoms with van der Waals surface area (Å²) in [5.41, 5.74) is 0. The Morgan fingerprint density at radius 3 is 2.36 bits per heavy atom. The first kappa shape index (κ1) is 12.9. The van der Waals surface area contributed by atoms with Gasteiger partial charge in [-0.25, -0.2) is 4.79 Å². The van der Waals surface area contributed by atoms with E-state index in [0.29, 0.717) is 6.54 Å². The summed E-state index contributed by atoms with van der Waals surface area (Å²) >= 11 is 0. The lowest BCUT2D eigenvalue weighted by molar-refractivity contribution is 0.171. The van der Waals surface area contributed by atoms with Gasteiger partial charge in [0.2, 0.25) is 0 Å². The largest absolute Gasteiger partial charge is 0.453 e. The van der Waals surface area contributed by atoms with Crippen LogP contribution in [-0.4, -0.2) is 19.7 Å². The molecule has 11 heavy (non-hydrogen) atoms. The van der Waals surface area contributed by atoms with Crippen LogP contribution in [0.15, 0.2) is 0 Å². The average molecular weight is 161 g/mol. The minimum absolute atomic E-state index is 0.344. The number of ether oxygens (including phenoxy) is 1. The third kappa shape index (κ3) is 12.5. The Labute approximate surface area is 69.1 Å². The van der Waals surface area contributed by atoms with E-state index in [4.69, 9.17) is 0 Å². The Morgan fingerprint density at radius 1 is 1.45 bits per heavy atom. The topological polar surface area (TPSA) is 38.3 Å². The second-order valence-corrected chi connectivity index (χ2v) is 1.77. The van der Waals surface area contributed by atoms with E-state index in [0.717, 1.165) is 12.8 Å². The normalized spacial score (nSPS) is 7.64. The van der Waals surface area contributed by atoms with Crippen LogP contribution in [0.2, 0.25) is 0 Å². The van der Waals surface area contributed by atoms with Gasteiger partial charge in [-0.2, -0.15) is 0 Å². The summed E-state index contributed by atoms with van der Waals surface area (Å²) in [6.07, 6.45) is 1.75. The maximum absolute atomic E-state index is 10.4. The van der Waals surface area contributed by atoms with Crippen molar-refractivity contribution >= 4 is 6.09 Å². The van der Waals surface area contributed by atoms with Crippen molar-refractivity contribution in [1.29, 1.82) is 0 Å². The Kier molecular flexibility index (Phi) is 14.1. The number of carbonyl (C=O) groups is 1. The zero-order valence-electron chi connectivity index (χ0n) is 7.94. The molecule has 1 N–H and O–H groups in total. The van der Waals surface area contributed by atoms with E-state index >= 15 is 0 Å². The van der Waals surface area contributed by atoms with Crippen molar-refractivity contribution in [3.63, 3.8) is 0 Å².